The molecule has 0 aliphatic carbocycles. The molecule has 0 fully saturated rings. The highest BCUT2D eigenvalue weighted by molar-refractivity contribution is 8.13. The lowest BCUT2D eigenvalue weighted by atomic mass is 10.3. The number of nitrogens with two attached hydrogens (primary N) is 1. The van der Waals surface area contributed by atoms with E-state index in [0.29, 0.717) is 0 Å². The first-order valence-corrected chi connectivity index (χ1v) is 6.96. The number of halogens is 1. The van der Waals surface area contributed by atoms with Gasteiger partial charge in [-0.25, -0.2) is 13.2 Å². The van der Waals surface area contributed by atoms with Gasteiger partial charge in [0, 0.05) is 16.7 Å². The van der Waals surface area contributed by atoms with Crippen LogP contribution in [0.25, 0.3) is 11.1 Å². The van der Waals surface area contributed by atoms with E-state index in [1.165, 1.54) is 12.1 Å². The molecule has 96 valence electrons. The molecule has 1 aromatic heterocycles. The number of hydrogen-bond acceptors (Lipinski definition) is 5. The van der Waals surface area contributed by atoms with Crippen LogP contribution in [0.15, 0.2) is 32.3 Å². The molecule has 7 nitrogen and oxygen atoms in total. The molecule has 2 aromatic rings. The highest BCUT2D eigenvalue weighted by atomic mass is 35.7. The van der Waals surface area contributed by atoms with Crippen molar-refractivity contribution in [2.75, 3.05) is 0 Å². The zero-order valence-electron chi connectivity index (χ0n) is 8.79. The minimum absolute atomic E-state index is 0.0166. The lowest BCUT2D eigenvalue weighted by molar-refractivity contribution is -0.118. The average Bonchev–Trinajstić information content (AvgIpc) is 2.53. The predicted molar refractivity (Wildman–Crippen MR) is 62.7 cm³/mol. The summed E-state index contributed by atoms with van der Waals surface area (Å²) in [5, 5.41) is 0. The molecule has 0 bridgehead atoms. The lowest BCUT2D eigenvalue weighted by Crippen LogP contribution is -2.24. The standard InChI is InChI=1S/C9H7ClN2O5S/c10-18(15,16)5-1-2-6-7(3-5)17-9(14)12(6)4-8(11)13/h1-3H,4H2,(H2,11,13). The maximum atomic E-state index is 11.4. The van der Waals surface area contributed by atoms with Crippen molar-refractivity contribution in [2.45, 2.75) is 11.4 Å². The van der Waals surface area contributed by atoms with Crippen LogP contribution in [0.5, 0.6) is 0 Å². The van der Waals surface area contributed by atoms with Crippen LogP contribution in [-0.2, 0) is 20.4 Å². The summed E-state index contributed by atoms with van der Waals surface area (Å²) in [6.45, 7) is -0.348. The molecule has 0 unspecified atom stereocenters. The third kappa shape index (κ3) is 2.24. The first kappa shape index (κ1) is 12.7. The van der Waals surface area contributed by atoms with Crippen LogP contribution in [0, 0.1) is 0 Å². The molecular weight excluding hydrogens is 284 g/mol. The lowest BCUT2D eigenvalue weighted by Gasteiger charge is -1.98. The highest BCUT2D eigenvalue weighted by Crippen LogP contribution is 2.21. The molecule has 18 heavy (non-hydrogen) atoms. The number of carbonyl (C=O) groups excluding carboxylic acids is 1. The quantitative estimate of drug-likeness (QED) is 0.800. The third-order valence-corrected chi connectivity index (χ3v) is 3.59. The average molecular weight is 291 g/mol. The number of hydrogen-bond donors (Lipinski definition) is 1. The van der Waals surface area contributed by atoms with Gasteiger partial charge in [0.25, 0.3) is 9.05 Å². The van der Waals surface area contributed by atoms with Crippen LogP contribution < -0.4 is 11.5 Å². The smallest absolute Gasteiger partial charge is 0.408 e. The topological polar surface area (TPSA) is 112 Å². The summed E-state index contributed by atoms with van der Waals surface area (Å²) in [5.74, 6) is -1.51. The summed E-state index contributed by atoms with van der Waals surface area (Å²) in [7, 11) is 1.25. The number of amides is 1. The van der Waals surface area contributed by atoms with Crippen LogP contribution in [0.4, 0.5) is 0 Å². The Morgan fingerprint density at radius 3 is 2.67 bits per heavy atom. The number of nitrogens with zero attached hydrogens (tertiary/aromatic N) is 1. The van der Waals surface area contributed by atoms with Crippen molar-refractivity contribution < 1.29 is 17.6 Å². The van der Waals surface area contributed by atoms with Gasteiger partial charge >= 0.3 is 5.76 Å². The minimum Gasteiger partial charge on any atom is -0.408 e. The molecule has 1 heterocycles. The van der Waals surface area contributed by atoms with Gasteiger partial charge in [-0.2, -0.15) is 0 Å². The molecule has 1 aromatic carbocycles. The molecule has 0 saturated carbocycles. The molecular formula is C9H7ClN2O5S. The number of rotatable bonds is 3. The van der Waals surface area contributed by atoms with Gasteiger partial charge in [0.2, 0.25) is 5.91 Å². The summed E-state index contributed by atoms with van der Waals surface area (Å²) in [6.07, 6.45) is 0. The zero-order chi connectivity index (χ0) is 13.5. The van der Waals surface area contributed by atoms with Gasteiger partial charge in [-0.1, -0.05) is 0 Å². The number of carbonyl (C=O) groups is 1. The molecule has 2 N–H and O–H groups in total. The molecule has 0 aliphatic rings. The van der Waals surface area contributed by atoms with Gasteiger partial charge in [0.05, 0.1) is 10.4 Å². The molecule has 1 amide bonds. The van der Waals surface area contributed by atoms with E-state index in [9.17, 15) is 18.0 Å². The van der Waals surface area contributed by atoms with E-state index in [1.54, 1.807) is 0 Å². The van der Waals surface area contributed by atoms with Gasteiger partial charge in [0.15, 0.2) is 5.58 Å². The van der Waals surface area contributed by atoms with E-state index in [1.807, 2.05) is 0 Å². The Balaban J connectivity index is 2.69. The Labute approximate surface area is 105 Å². The second-order valence-corrected chi connectivity index (χ2v) is 6.05. The van der Waals surface area contributed by atoms with Crippen LogP contribution in [0.2, 0.25) is 0 Å². The molecule has 0 aliphatic heterocycles. The number of primary amides is 1. The van der Waals surface area contributed by atoms with E-state index in [4.69, 9.17) is 20.8 Å². The molecule has 2 rings (SSSR count). The third-order valence-electron chi connectivity index (χ3n) is 2.24. The van der Waals surface area contributed by atoms with Crippen LogP contribution in [-0.4, -0.2) is 18.9 Å². The Hall–Kier alpha value is -1.80. The second-order valence-electron chi connectivity index (χ2n) is 3.49. The Morgan fingerprint density at radius 2 is 2.11 bits per heavy atom. The Kier molecular flexibility index (Phi) is 2.91. The molecule has 9 heteroatoms. The summed E-state index contributed by atoms with van der Waals surface area (Å²) in [5.41, 5.74) is 5.27. The summed E-state index contributed by atoms with van der Waals surface area (Å²) in [4.78, 5) is 22.0. The second kappa shape index (κ2) is 4.14. The van der Waals surface area contributed by atoms with Crippen molar-refractivity contribution in [3.8, 4) is 0 Å². The van der Waals surface area contributed by atoms with Crippen molar-refractivity contribution in [3.05, 3.63) is 28.7 Å². The van der Waals surface area contributed by atoms with Crippen molar-refractivity contribution >= 4 is 36.7 Å². The monoisotopic (exact) mass is 290 g/mol. The van der Waals surface area contributed by atoms with Crippen LogP contribution >= 0.6 is 10.7 Å². The fourth-order valence-corrected chi connectivity index (χ4v) is 2.27. The van der Waals surface area contributed by atoms with Crippen molar-refractivity contribution in [1.82, 2.24) is 4.57 Å². The summed E-state index contributed by atoms with van der Waals surface area (Å²) < 4.78 is 28.0. The maximum absolute atomic E-state index is 11.4. The van der Waals surface area contributed by atoms with Gasteiger partial charge < -0.3 is 10.2 Å². The normalized spacial score (nSPS) is 11.8. The fourth-order valence-electron chi connectivity index (χ4n) is 1.50. The van der Waals surface area contributed by atoms with Gasteiger partial charge in [0.1, 0.15) is 6.54 Å². The van der Waals surface area contributed by atoms with Gasteiger partial charge in [-0.3, -0.25) is 9.36 Å². The first-order valence-electron chi connectivity index (χ1n) is 4.65. The van der Waals surface area contributed by atoms with Crippen LogP contribution in [0.1, 0.15) is 0 Å². The van der Waals surface area contributed by atoms with Gasteiger partial charge in [-0.05, 0) is 12.1 Å². The number of oxazole rings is 1. The van der Waals surface area contributed by atoms with Crippen molar-refractivity contribution in [2.24, 2.45) is 5.73 Å². The molecule has 0 saturated heterocycles. The summed E-state index contributed by atoms with van der Waals surface area (Å²) in [6, 6.07) is 3.63. The fraction of sp³-hybridized carbons (Fsp3) is 0.111. The Morgan fingerprint density at radius 1 is 1.44 bits per heavy atom. The minimum atomic E-state index is -3.91. The predicted octanol–water partition coefficient (Wildman–Crippen LogP) is 0.00730. The van der Waals surface area contributed by atoms with E-state index in [0.717, 1.165) is 10.6 Å². The van der Waals surface area contributed by atoms with Gasteiger partial charge in [-0.15, -0.1) is 0 Å². The van der Waals surface area contributed by atoms with E-state index in [2.05, 4.69) is 0 Å². The van der Waals surface area contributed by atoms with Crippen LogP contribution in [0.3, 0.4) is 0 Å². The van der Waals surface area contributed by atoms with E-state index in [-0.39, 0.29) is 22.5 Å². The number of fused-ring (bicyclic) bond motifs is 1. The SMILES string of the molecule is NC(=O)Cn1c(=O)oc2cc(S(=O)(=O)Cl)ccc21. The number of benzene rings is 1. The van der Waals surface area contributed by atoms with Crippen molar-refractivity contribution in [3.63, 3.8) is 0 Å². The Bertz CT molecular complexity index is 789. The van der Waals surface area contributed by atoms with E-state index < -0.39 is 20.7 Å². The number of aromatic nitrogens is 1. The molecule has 0 atom stereocenters. The highest BCUT2D eigenvalue weighted by Gasteiger charge is 2.16. The zero-order valence-corrected chi connectivity index (χ0v) is 10.4. The molecule has 0 radical (unpaired) electrons. The summed E-state index contributed by atoms with van der Waals surface area (Å²) >= 11 is 0. The largest absolute Gasteiger partial charge is 0.420 e. The maximum Gasteiger partial charge on any atom is 0.420 e. The van der Waals surface area contributed by atoms with Crippen molar-refractivity contribution in [1.29, 1.82) is 0 Å². The van der Waals surface area contributed by atoms with E-state index >= 15 is 0 Å². The molecule has 0 spiro atoms. The first-order chi connectivity index (χ1) is 8.29.